The molecule has 0 aliphatic heterocycles. The maximum atomic E-state index is 12.9. The number of pyridine rings is 1. The number of methoxy groups -OCH3 is 1. The molecule has 1 aromatic carbocycles. The van der Waals surface area contributed by atoms with E-state index in [1.54, 1.807) is 12.1 Å². The Morgan fingerprint density at radius 3 is 2.38 bits per heavy atom. The maximum absolute atomic E-state index is 12.9. The Morgan fingerprint density at radius 2 is 1.85 bits per heavy atom. The van der Waals surface area contributed by atoms with Crippen LogP contribution in [0.4, 0.5) is 10.1 Å². The van der Waals surface area contributed by atoms with Gasteiger partial charge >= 0.3 is 0 Å². The fourth-order valence-electron chi connectivity index (χ4n) is 2.13. The van der Waals surface area contributed by atoms with Crippen LogP contribution < -0.4 is 14.8 Å². The van der Waals surface area contributed by atoms with Crippen LogP contribution in [0.25, 0.3) is 0 Å². The molecule has 140 valence electrons. The molecule has 0 aliphatic rings. The molecule has 0 aliphatic carbocycles. The first-order chi connectivity index (χ1) is 12.1. The second kappa shape index (κ2) is 7.79. The molecule has 2 rings (SSSR count). The fourth-order valence-corrected chi connectivity index (χ4v) is 3.71. The number of ether oxygens (including phenoxy) is 1. The van der Waals surface area contributed by atoms with Crippen molar-refractivity contribution in [3.63, 3.8) is 0 Å². The van der Waals surface area contributed by atoms with Crippen molar-refractivity contribution in [1.29, 1.82) is 0 Å². The number of hydrogen-bond acceptors (Lipinski definition) is 5. The normalized spacial score (nSPS) is 11.8. The first-order valence-electron chi connectivity index (χ1n) is 7.69. The standard InChI is InChI=1S/C17H20FN3O4S/c1-17(2,16(22)20-14-8-9-15(25-3)19-10-14)21-26(23,24)11-12-4-6-13(18)7-5-12/h4-10,21H,11H2,1-3H3,(H,20,22). The Hall–Kier alpha value is -2.52. The summed E-state index contributed by atoms with van der Waals surface area (Å²) in [7, 11) is -2.35. The molecule has 1 aromatic heterocycles. The van der Waals surface area contributed by atoms with E-state index >= 15 is 0 Å². The van der Waals surface area contributed by atoms with Gasteiger partial charge in [0, 0.05) is 6.07 Å². The van der Waals surface area contributed by atoms with Gasteiger partial charge in [-0.1, -0.05) is 12.1 Å². The van der Waals surface area contributed by atoms with Gasteiger partial charge in [0.15, 0.2) is 0 Å². The van der Waals surface area contributed by atoms with Crippen molar-refractivity contribution in [3.8, 4) is 5.88 Å². The third kappa shape index (κ3) is 5.50. The first kappa shape index (κ1) is 19.8. The number of aromatic nitrogens is 1. The summed E-state index contributed by atoms with van der Waals surface area (Å²) in [6.45, 7) is 2.89. The topological polar surface area (TPSA) is 97.4 Å². The van der Waals surface area contributed by atoms with E-state index in [-0.39, 0.29) is 5.75 Å². The van der Waals surface area contributed by atoms with E-state index < -0.39 is 27.3 Å². The molecule has 1 heterocycles. The molecule has 0 fully saturated rings. The molecule has 0 saturated carbocycles. The lowest BCUT2D eigenvalue weighted by molar-refractivity contribution is -0.120. The van der Waals surface area contributed by atoms with E-state index in [2.05, 4.69) is 15.0 Å². The van der Waals surface area contributed by atoms with Crippen LogP contribution in [0.2, 0.25) is 0 Å². The molecule has 1 amide bonds. The van der Waals surface area contributed by atoms with Crippen molar-refractivity contribution < 1.29 is 22.3 Å². The number of hydrogen-bond donors (Lipinski definition) is 2. The smallest absolute Gasteiger partial charge is 0.245 e. The van der Waals surface area contributed by atoms with Crippen molar-refractivity contribution >= 4 is 21.6 Å². The van der Waals surface area contributed by atoms with Gasteiger partial charge in [0.2, 0.25) is 21.8 Å². The SMILES string of the molecule is COc1ccc(NC(=O)C(C)(C)NS(=O)(=O)Cc2ccc(F)cc2)cn1. The minimum Gasteiger partial charge on any atom is -0.481 e. The van der Waals surface area contributed by atoms with Crippen LogP contribution in [0, 0.1) is 5.82 Å². The van der Waals surface area contributed by atoms with Crippen molar-refractivity contribution in [3.05, 3.63) is 54.0 Å². The number of sulfonamides is 1. The van der Waals surface area contributed by atoms with Gasteiger partial charge in [-0.3, -0.25) is 4.79 Å². The lowest BCUT2D eigenvalue weighted by Crippen LogP contribution is -2.52. The van der Waals surface area contributed by atoms with E-state index in [0.717, 1.165) is 0 Å². The molecule has 0 spiro atoms. The number of nitrogens with one attached hydrogen (secondary N) is 2. The van der Waals surface area contributed by atoms with E-state index in [1.807, 2.05) is 0 Å². The molecule has 7 nitrogen and oxygen atoms in total. The average Bonchev–Trinajstić information content (AvgIpc) is 2.56. The van der Waals surface area contributed by atoms with Crippen molar-refractivity contribution in [2.75, 3.05) is 12.4 Å². The summed E-state index contributed by atoms with van der Waals surface area (Å²) in [5.41, 5.74) is -0.588. The second-order valence-corrected chi connectivity index (χ2v) is 7.88. The molecular formula is C17H20FN3O4S. The highest BCUT2D eigenvalue weighted by Gasteiger charge is 2.32. The van der Waals surface area contributed by atoms with Crippen LogP contribution in [0.5, 0.6) is 5.88 Å². The van der Waals surface area contributed by atoms with Crippen LogP contribution in [0.3, 0.4) is 0 Å². The largest absolute Gasteiger partial charge is 0.481 e. The zero-order chi connectivity index (χ0) is 19.4. The Labute approximate surface area is 151 Å². The van der Waals surface area contributed by atoms with Crippen LogP contribution in [-0.4, -0.2) is 32.0 Å². The summed E-state index contributed by atoms with van der Waals surface area (Å²) >= 11 is 0. The predicted octanol–water partition coefficient (Wildman–Crippen LogP) is 2.07. The molecule has 0 atom stereocenters. The van der Waals surface area contributed by atoms with Gasteiger partial charge < -0.3 is 10.1 Å². The Bertz CT molecular complexity index is 866. The number of rotatable bonds is 7. The van der Waals surface area contributed by atoms with Gasteiger partial charge in [-0.05, 0) is 37.6 Å². The van der Waals surface area contributed by atoms with E-state index in [0.29, 0.717) is 17.1 Å². The van der Waals surface area contributed by atoms with Gasteiger partial charge in [0.1, 0.15) is 11.4 Å². The molecule has 2 aromatic rings. The average molecular weight is 381 g/mol. The zero-order valence-corrected chi connectivity index (χ0v) is 15.4. The number of carbonyl (C=O) groups excluding carboxylic acids is 1. The molecule has 0 bridgehead atoms. The van der Waals surface area contributed by atoms with E-state index in [1.165, 1.54) is 51.4 Å². The summed E-state index contributed by atoms with van der Waals surface area (Å²) in [6.07, 6.45) is 1.40. The molecule has 9 heteroatoms. The molecule has 2 N–H and O–H groups in total. The van der Waals surface area contributed by atoms with Crippen molar-refractivity contribution in [2.24, 2.45) is 0 Å². The van der Waals surface area contributed by atoms with E-state index in [4.69, 9.17) is 4.74 Å². The molecule has 0 radical (unpaired) electrons. The van der Waals surface area contributed by atoms with Gasteiger partial charge in [-0.15, -0.1) is 0 Å². The van der Waals surface area contributed by atoms with Crippen molar-refractivity contribution in [2.45, 2.75) is 25.1 Å². The lowest BCUT2D eigenvalue weighted by Gasteiger charge is -2.25. The highest BCUT2D eigenvalue weighted by Crippen LogP contribution is 2.15. The highest BCUT2D eigenvalue weighted by molar-refractivity contribution is 7.88. The predicted molar refractivity (Wildman–Crippen MR) is 95.7 cm³/mol. The third-order valence-electron chi connectivity index (χ3n) is 3.45. The summed E-state index contributed by atoms with van der Waals surface area (Å²) < 4.78 is 44.9. The molecular weight excluding hydrogens is 361 g/mol. The number of anilines is 1. The molecule has 26 heavy (non-hydrogen) atoms. The number of benzene rings is 1. The number of halogens is 1. The Morgan fingerprint density at radius 1 is 1.19 bits per heavy atom. The van der Waals surface area contributed by atoms with Gasteiger partial charge in [0.05, 0.1) is 24.7 Å². The zero-order valence-electron chi connectivity index (χ0n) is 14.6. The van der Waals surface area contributed by atoms with E-state index in [9.17, 15) is 17.6 Å². The van der Waals surface area contributed by atoms with Crippen LogP contribution in [0.15, 0.2) is 42.6 Å². The quantitative estimate of drug-likeness (QED) is 0.765. The van der Waals surface area contributed by atoms with Gasteiger partial charge in [0.25, 0.3) is 0 Å². The summed E-state index contributed by atoms with van der Waals surface area (Å²) in [6, 6.07) is 8.28. The minimum absolute atomic E-state index is 0.367. The maximum Gasteiger partial charge on any atom is 0.245 e. The van der Waals surface area contributed by atoms with Gasteiger partial charge in [-0.2, -0.15) is 4.72 Å². The number of nitrogens with zero attached hydrogens (tertiary/aromatic N) is 1. The van der Waals surface area contributed by atoms with Crippen LogP contribution in [-0.2, 0) is 20.6 Å². The fraction of sp³-hybridized carbons (Fsp3) is 0.294. The number of amides is 1. The van der Waals surface area contributed by atoms with Gasteiger partial charge in [-0.25, -0.2) is 17.8 Å². The first-order valence-corrected chi connectivity index (χ1v) is 9.34. The second-order valence-electron chi connectivity index (χ2n) is 6.16. The monoisotopic (exact) mass is 381 g/mol. The summed E-state index contributed by atoms with van der Waals surface area (Å²) in [4.78, 5) is 16.4. The Kier molecular flexibility index (Phi) is 5.94. The summed E-state index contributed by atoms with van der Waals surface area (Å²) in [5.74, 6) is -0.977. The highest BCUT2D eigenvalue weighted by atomic mass is 32.2. The van der Waals surface area contributed by atoms with Crippen molar-refractivity contribution in [1.82, 2.24) is 9.71 Å². The molecule has 0 saturated heterocycles. The minimum atomic E-state index is -3.82. The van der Waals surface area contributed by atoms with Crippen LogP contribution in [0.1, 0.15) is 19.4 Å². The molecule has 0 unspecified atom stereocenters. The lowest BCUT2D eigenvalue weighted by atomic mass is 10.1. The Balaban J connectivity index is 2.04. The third-order valence-corrected chi connectivity index (χ3v) is 4.99. The van der Waals surface area contributed by atoms with Crippen LogP contribution >= 0.6 is 0 Å². The summed E-state index contributed by atoms with van der Waals surface area (Å²) in [5, 5.41) is 2.59. The number of carbonyl (C=O) groups is 1.